The smallest absolute Gasteiger partial charge is 0.407 e. The van der Waals surface area contributed by atoms with E-state index in [1.165, 1.54) is 0 Å². The zero-order valence-corrected chi connectivity index (χ0v) is 18.0. The number of hydrogen-bond donors (Lipinski definition) is 3. The van der Waals surface area contributed by atoms with E-state index in [1.807, 2.05) is 23.6 Å². The monoisotopic (exact) mass is 431 g/mol. The molecule has 0 spiro atoms. The first-order chi connectivity index (χ1) is 14.5. The number of carbonyl (C=O) groups is 1. The molecule has 2 aromatic heterocycles. The number of imidazole rings is 1. The molecular weight excluding hydrogens is 406 g/mol. The number of rotatable bonds is 9. The second-order valence-corrected chi connectivity index (χ2v) is 7.20. The molecule has 0 saturated carbocycles. The van der Waals surface area contributed by atoms with Gasteiger partial charge in [0, 0.05) is 25.7 Å². The molecule has 0 aliphatic carbocycles. The summed E-state index contributed by atoms with van der Waals surface area (Å²) in [6.45, 7) is 2.95. The van der Waals surface area contributed by atoms with Crippen molar-refractivity contribution < 1.29 is 9.53 Å². The molecule has 30 heavy (non-hydrogen) atoms. The molecule has 3 aromatic rings. The lowest BCUT2D eigenvalue weighted by Crippen LogP contribution is -2.27. The Morgan fingerprint density at radius 1 is 1.17 bits per heavy atom. The number of fused-ring (bicyclic) bond motifs is 1. The second kappa shape index (κ2) is 10.1. The molecule has 1 aromatic carbocycles. The van der Waals surface area contributed by atoms with E-state index in [9.17, 15) is 4.79 Å². The average molecular weight is 432 g/mol. The van der Waals surface area contributed by atoms with Crippen molar-refractivity contribution in [3.05, 3.63) is 41.2 Å². The van der Waals surface area contributed by atoms with Crippen LogP contribution in [0.2, 0.25) is 5.02 Å². The fourth-order valence-corrected chi connectivity index (χ4v) is 3.12. The molecule has 2 heterocycles. The fraction of sp³-hybridized carbons (Fsp3) is 0.400. The van der Waals surface area contributed by atoms with E-state index in [0.717, 1.165) is 29.6 Å². The topological polar surface area (TPSA) is 106 Å². The number of aromatic nitrogens is 4. The summed E-state index contributed by atoms with van der Waals surface area (Å²) in [4.78, 5) is 25.2. The normalized spacial score (nSPS) is 11.9. The van der Waals surface area contributed by atoms with E-state index in [-0.39, 0.29) is 6.04 Å². The summed E-state index contributed by atoms with van der Waals surface area (Å²) in [6, 6.07) is 7.19. The number of benzene rings is 1. The van der Waals surface area contributed by atoms with Crippen molar-refractivity contribution in [2.45, 2.75) is 32.4 Å². The highest BCUT2D eigenvalue weighted by Gasteiger charge is 2.12. The molecule has 1 atom stereocenters. The lowest BCUT2D eigenvalue weighted by Gasteiger charge is -2.14. The number of ether oxygens (including phenoxy) is 1. The van der Waals surface area contributed by atoms with Crippen molar-refractivity contribution in [3.8, 4) is 0 Å². The van der Waals surface area contributed by atoms with Crippen LogP contribution in [0.4, 0.5) is 16.6 Å². The van der Waals surface area contributed by atoms with Crippen LogP contribution in [0.25, 0.3) is 11.2 Å². The number of carbonyl (C=O) groups excluding carboxylic acids is 1. The highest BCUT2D eigenvalue weighted by Crippen LogP contribution is 2.20. The minimum atomic E-state index is -0.435. The highest BCUT2D eigenvalue weighted by atomic mass is 35.5. The molecular formula is C20H26ClN7O2. The van der Waals surface area contributed by atoms with Crippen LogP contribution in [-0.4, -0.2) is 46.3 Å². The van der Waals surface area contributed by atoms with Crippen LogP contribution in [0, 0.1) is 0 Å². The van der Waals surface area contributed by atoms with Gasteiger partial charge in [0.2, 0.25) is 5.95 Å². The van der Waals surface area contributed by atoms with Crippen LogP contribution in [0.5, 0.6) is 0 Å². The Hall–Kier alpha value is -3.07. The van der Waals surface area contributed by atoms with Gasteiger partial charge in [-0.05, 0) is 37.5 Å². The largest absolute Gasteiger partial charge is 0.450 e. The maximum absolute atomic E-state index is 12.0. The summed E-state index contributed by atoms with van der Waals surface area (Å²) in [5.41, 5.74) is 2.45. The number of alkyl carbamates (subject to hydrolysis) is 1. The quantitative estimate of drug-likeness (QED) is 0.442. The van der Waals surface area contributed by atoms with Crippen LogP contribution in [0.3, 0.4) is 0 Å². The van der Waals surface area contributed by atoms with Crippen LogP contribution >= 0.6 is 11.6 Å². The van der Waals surface area contributed by atoms with Crippen molar-refractivity contribution in [2.75, 3.05) is 31.3 Å². The van der Waals surface area contributed by atoms with Gasteiger partial charge in [0.15, 0.2) is 17.0 Å². The minimum Gasteiger partial charge on any atom is -0.450 e. The summed E-state index contributed by atoms with van der Waals surface area (Å²) >= 11 is 5.89. The lowest BCUT2D eigenvalue weighted by molar-refractivity contribution is 0.140. The molecule has 0 saturated heterocycles. The Labute approximate surface area is 180 Å². The summed E-state index contributed by atoms with van der Waals surface area (Å²) in [6.07, 6.45) is 2.86. The molecule has 1 amide bonds. The molecule has 1 unspecified atom stereocenters. The molecule has 3 N–H and O–H groups in total. The van der Waals surface area contributed by atoms with Crippen molar-refractivity contribution in [3.63, 3.8) is 0 Å². The van der Waals surface area contributed by atoms with Crippen molar-refractivity contribution >= 4 is 40.6 Å². The van der Waals surface area contributed by atoms with Gasteiger partial charge in [-0.15, -0.1) is 0 Å². The van der Waals surface area contributed by atoms with Gasteiger partial charge in [-0.3, -0.25) is 0 Å². The Morgan fingerprint density at radius 2 is 1.93 bits per heavy atom. The van der Waals surface area contributed by atoms with Crippen molar-refractivity contribution in [1.82, 2.24) is 24.8 Å². The number of nitrogens with one attached hydrogen (secondary N) is 3. The number of aryl methyl sites for hydroxylation is 1. The second-order valence-electron chi connectivity index (χ2n) is 6.77. The molecule has 0 aliphatic heterocycles. The van der Waals surface area contributed by atoms with Gasteiger partial charge in [0.05, 0.1) is 19.0 Å². The van der Waals surface area contributed by atoms with E-state index in [2.05, 4.69) is 30.9 Å². The van der Waals surface area contributed by atoms with Crippen molar-refractivity contribution in [1.29, 1.82) is 0 Å². The highest BCUT2D eigenvalue weighted by molar-refractivity contribution is 6.30. The molecule has 0 fully saturated rings. The number of unbranched alkanes of at least 4 members (excludes halogenated alkanes) is 1. The Kier molecular flexibility index (Phi) is 7.29. The number of anilines is 2. The lowest BCUT2D eigenvalue weighted by atomic mass is 10.1. The molecule has 3 rings (SSSR count). The number of halogens is 1. The first-order valence-corrected chi connectivity index (χ1v) is 10.2. The summed E-state index contributed by atoms with van der Waals surface area (Å²) in [5.74, 6) is 1.21. The molecule has 0 radical (unpaired) electrons. The molecule has 160 valence electrons. The van der Waals surface area contributed by atoms with Crippen molar-refractivity contribution in [2.24, 2.45) is 0 Å². The minimum absolute atomic E-state index is 0.158. The van der Waals surface area contributed by atoms with E-state index in [0.29, 0.717) is 29.9 Å². The van der Waals surface area contributed by atoms with Gasteiger partial charge < -0.3 is 25.3 Å². The van der Waals surface area contributed by atoms with Gasteiger partial charge >= 0.3 is 6.09 Å². The van der Waals surface area contributed by atoms with Crippen LogP contribution < -0.4 is 16.0 Å². The van der Waals surface area contributed by atoms with Crippen LogP contribution in [0.15, 0.2) is 30.6 Å². The standard InChI is InChI=1S/C20H26ClN7O2/c1-13(14-6-8-15(21)9-7-14)25-20(29)30-11-5-4-10-28-12-24-16-17(22-2)26-19(23-3)27-18(16)28/h6-9,12-13H,4-5,10-11H2,1-3H3,(H,25,29)(H2,22,23,26,27). The van der Waals surface area contributed by atoms with Gasteiger partial charge in [-0.2, -0.15) is 9.97 Å². The summed E-state index contributed by atoms with van der Waals surface area (Å²) in [7, 11) is 3.58. The molecule has 0 aliphatic rings. The number of nitrogens with zero attached hydrogens (tertiary/aromatic N) is 4. The first-order valence-electron chi connectivity index (χ1n) is 9.79. The maximum atomic E-state index is 12.0. The Bertz CT molecular complexity index is 991. The van der Waals surface area contributed by atoms with Gasteiger partial charge in [-0.1, -0.05) is 23.7 Å². The van der Waals surface area contributed by atoms with E-state index in [1.54, 1.807) is 32.6 Å². The Balaban J connectivity index is 1.45. The Morgan fingerprint density at radius 3 is 2.63 bits per heavy atom. The molecule has 9 nitrogen and oxygen atoms in total. The van der Waals surface area contributed by atoms with E-state index < -0.39 is 6.09 Å². The number of hydrogen-bond acceptors (Lipinski definition) is 7. The maximum Gasteiger partial charge on any atom is 0.407 e. The zero-order valence-electron chi connectivity index (χ0n) is 17.3. The third-order valence-corrected chi connectivity index (χ3v) is 4.91. The zero-order chi connectivity index (χ0) is 21.5. The fourth-order valence-electron chi connectivity index (χ4n) is 3.00. The van der Waals surface area contributed by atoms with E-state index in [4.69, 9.17) is 16.3 Å². The first kappa shape index (κ1) is 21.6. The molecule has 0 bridgehead atoms. The van der Waals surface area contributed by atoms with E-state index >= 15 is 0 Å². The molecule has 10 heteroatoms. The van der Waals surface area contributed by atoms with Gasteiger partial charge in [0.1, 0.15) is 0 Å². The number of amides is 1. The third-order valence-electron chi connectivity index (χ3n) is 4.66. The average Bonchev–Trinajstić information content (AvgIpc) is 3.16. The van der Waals surface area contributed by atoms with Gasteiger partial charge in [0.25, 0.3) is 0 Å². The summed E-state index contributed by atoms with van der Waals surface area (Å²) in [5, 5.41) is 9.48. The predicted octanol–water partition coefficient (Wildman–Crippen LogP) is 3.83. The van der Waals surface area contributed by atoms with Crippen LogP contribution in [-0.2, 0) is 11.3 Å². The SMILES string of the molecule is CNc1nc(NC)c2ncn(CCCCOC(=O)NC(C)c3ccc(Cl)cc3)c2n1. The predicted molar refractivity (Wildman–Crippen MR) is 118 cm³/mol. The summed E-state index contributed by atoms with van der Waals surface area (Å²) < 4.78 is 7.26. The van der Waals surface area contributed by atoms with Crippen LogP contribution in [0.1, 0.15) is 31.4 Å². The van der Waals surface area contributed by atoms with Gasteiger partial charge in [-0.25, -0.2) is 9.78 Å². The third kappa shape index (κ3) is 5.29.